The van der Waals surface area contributed by atoms with Crippen LogP contribution in [0.15, 0.2) is 30.3 Å². The SMILES string of the molecule is CCN(CC(=O)O)C1CCN(CC(=O)N(C)Cc2ccccc2)CC1. The molecule has 1 aliphatic rings. The number of hydrogen-bond acceptors (Lipinski definition) is 4. The van der Waals surface area contributed by atoms with Crippen LogP contribution in [-0.4, -0.2) is 77.5 Å². The van der Waals surface area contributed by atoms with Gasteiger partial charge in [0.05, 0.1) is 13.1 Å². The van der Waals surface area contributed by atoms with Crippen molar-refractivity contribution in [3.8, 4) is 0 Å². The number of amides is 1. The summed E-state index contributed by atoms with van der Waals surface area (Å²) in [6.07, 6.45) is 1.83. The molecule has 0 atom stereocenters. The van der Waals surface area contributed by atoms with Gasteiger partial charge in [0.1, 0.15) is 0 Å². The molecule has 1 heterocycles. The maximum Gasteiger partial charge on any atom is 0.317 e. The van der Waals surface area contributed by atoms with Gasteiger partial charge in [0, 0.05) is 32.7 Å². The number of carbonyl (C=O) groups excluding carboxylic acids is 1. The van der Waals surface area contributed by atoms with Crippen molar-refractivity contribution in [1.82, 2.24) is 14.7 Å². The fraction of sp³-hybridized carbons (Fsp3) is 0.579. The Morgan fingerprint density at radius 1 is 1.20 bits per heavy atom. The topological polar surface area (TPSA) is 64.1 Å². The van der Waals surface area contributed by atoms with E-state index in [4.69, 9.17) is 5.11 Å². The molecule has 0 saturated carbocycles. The second kappa shape index (κ2) is 9.53. The van der Waals surface area contributed by atoms with Crippen LogP contribution in [0.5, 0.6) is 0 Å². The molecule has 1 saturated heterocycles. The zero-order chi connectivity index (χ0) is 18.2. The highest BCUT2D eigenvalue weighted by atomic mass is 16.4. The number of carboxylic acid groups (broad SMARTS) is 1. The van der Waals surface area contributed by atoms with E-state index in [1.807, 2.05) is 49.2 Å². The van der Waals surface area contributed by atoms with Crippen molar-refractivity contribution in [3.05, 3.63) is 35.9 Å². The zero-order valence-corrected chi connectivity index (χ0v) is 15.2. The predicted molar refractivity (Wildman–Crippen MR) is 97.3 cm³/mol. The van der Waals surface area contributed by atoms with E-state index in [9.17, 15) is 9.59 Å². The van der Waals surface area contributed by atoms with Crippen molar-refractivity contribution in [2.24, 2.45) is 0 Å². The van der Waals surface area contributed by atoms with E-state index in [0.717, 1.165) is 38.0 Å². The van der Waals surface area contributed by atoms with Gasteiger partial charge in [-0.25, -0.2) is 0 Å². The van der Waals surface area contributed by atoms with Gasteiger partial charge in [-0.05, 0) is 24.9 Å². The molecule has 2 rings (SSSR count). The maximum atomic E-state index is 12.4. The number of hydrogen-bond donors (Lipinski definition) is 1. The monoisotopic (exact) mass is 347 g/mol. The molecule has 1 amide bonds. The van der Waals surface area contributed by atoms with Crippen LogP contribution < -0.4 is 0 Å². The van der Waals surface area contributed by atoms with Gasteiger partial charge in [0.2, 0.25) is 5.91 Å². The van der Waals surface area contributed by atoms with E-state index >= 15 is 0 Å². The molecule has 1 fully saturated rings. The van der Waals surface area contributed by atoms with E-state index < -0.39 is 5.97 Å². The minimum Gasteiger partial charge on any atom is -0.480 e. The normalized spacial score (nSPS) is 16.1. The highest BCUT2D eigenvalue weighted by Crippen LogP contribution is 2.16. The zero-order valence-electron chi connectivity index (χ0n) is 15.2. The van der Waals surface area contributed by atoms with E-state index in [1.165, 1.54) is 0 Å². The maximum absolute atomic E-state index is 12.4. The molecule has 0 aromatic heterocycles. The first-order chi connectivity index (χ1) is 12.0. The lowest BCUT2D eigenvalue weighted by Crippen LogP contribution is -2.48. The largest absolute Gasteiger partial charge is 0.480 e. The summed E-state index contributed by atoms with van der Waals surface area (Å²) in [6.45, 7) is 5.57. The Kier molecular flexibility index (Phi) is 7.40. The number of likely N-dealkylation sites (N-methyl/N-ethyl adjacent to an activating group) is 2. The molecule has 25 heavy (non-hydrogen) atoms. The number of nitrogens with zero attached hydrogens (tertiary/aromatic N) is 3. The Hall–Kier alpha value is -1.92. The molecule has 1 aliphatic heterocycles. The fourth-order valence-electron chi connectivity index (χ4n) is 3.37. The second-order valence-electron chi connectivity index (χ2n) is 6.70. The third-order valence-electron chi connectivity index (χ3n) is 4.87. The highest BCUT2D eigenvalue weighted by molar-refractivity contribution is 5.78. The van der Waals surface area contributed by atoms with Crippen molar-refractivity contribution in [1.29, 1.82) is 0 Å². The minimum atomic E-state index is -0.776. The molecule has 0 radical (unpaired) electrons. The molecule has 1 N–H and O–H groups in total. The molecular formula is C19H29N3O3. The van der Waals surface area contributed by atoms with Crippen LogP contribution in [0, 0.1) is 0 Å². The van der Waals surface area contributed by atoms with Crippen LogP contribution in [0.25, 0.3) is 0 Å². The standard InChI is InChI=1S/C19H29N3O3/c1-3-22(15-19(24)25)17-9-11-21(12-10-17)14-18(23)20(2)13-16-7-5-4-6-8-16/h4-8,17H,3,9-15H2,1-2H3,(H,24,25). The summed E-state index contributed by atoms with van der Waals surface area (Å²) in [5.74, 6) is -0.651. The predicted octanol–water partition coefficient (Wildman–Crippen LogP) is 1.52. The molecule has 1 aromatic carbocycles. The summed E-state index contributed by atoms with van der Waals surface area (Å²) >= 11 is 0. The Bertz CT molecular complexity index is 556. The number of likely N-dealkylation sites (tertiary alicyclic amines) is 1. The molecule has 0 spiro atoms. The van der Waals surface area contributed by atoms with Crippen molar-refractivity contribution in [2.75, 3.05) is 39.8 Å². The van der Waals surface area contributed by atoms with Gasteiger partial charge < -0.3 is 10.0 Å². The summed E-state index contributed by atoms with van der Waals surface area (Å²) in [7, 11) is 1.84. The van der Waals surface area contributed by atoms with Gasteiger partial charge in [0.15, 0.2) is 0 Å². The Morgan fingerprint density at radius 3 is 2.40 bits per heavy atom. The van der Waals surface area contributed by atoms with Gasteiger partial charge in [-0.15, -0.1) is 0 Å². The number of aliphatic carboxylic acids is 1. The smallest absolute Gasteiger partial charge is 0.317 e. The van der Waals surface area contributed by atoms with Crippen molar-refractivity contribution in [2.45, 2.75) is 32.4 Å². The molecule has 0 bridgehead atoms. The first kappa shape index (κ1) is 19.4. The molecule has 138 valence electrons. The van der Waals surface area contributed by atoms with Gasteiger partial charge >= 0.3 is 5.97 Å². The number of benzene rings is 1. The van der Waals surface area contributed by atoms with Crippen LogP contribution >= 0.6 is 0 Å². The third kappa shape index (κ3) is 6.14. The highest BCUT2D eigenvalue weighted by Gasteiger charge is 2.26. The molecule has 0 unspecified atom stereocenters. The molecule has 1 aromatic rings. The quantitative estimate of drug-likeness (QED) is 0.772. The second-order valence-corrected chi connectivity index (χ2v) is 6.70. The fourth-order valence-corrected chi connectivity index (χ4v) is 3.37. The average Bonchev–Trinajstić information content (AvgIpc) is 2.61. The number of rotatable bonds is 8. The first-order valence-corrected chi connectivity index (χ1v) is 8.95. The third-order valence-corrected chi connectivity index (χ3v) is 4.87. The van der Waals surface area contributed by atoms with Crippen LogP contribution in [0.4, 0.5) is 0 Å². The average molecular weight is 347 g/mol. The van der Waals surface area contributed by atoms with Gasteiger partial charge in [-0.2, -0.15) is 0 Å². The molecular weight excluding hydrogens is 318 g/mol. The number of carbonyl (C=O) groups is 2. The van der Waals surface area contributed by atoms with Crippen molar-refractivity contribution in [3.63, 3.8) is 0 Å². The molecule has 6 heteroatoms. The summed E-state index contributed by atoms with van der Waals surface area (Å²) in [5.41, 5.74) is 1.13. The summed E-state index contributed by atoms with van der Waals surface area (Å²) < 4.78 is 0. The van der Waals surface area contributed by atoms with Crippen LogP contribution in [-0.2, 0) is 16.1 Å². The van der Waals surface area contributed by atoms with Gasteiger partial charge in [0.25, 0.3) is 0 Å². The lowest BCUT2D eigenvalue weighted by atomic mass is 10.0. The minimum absolute atomic E-state index is 0.0971. The van der Waals surface area contributed by atoms with Gasteiger partial charge in [-0.1, -0.05) is 37.3 Å². The van der Waals surface area contributed by atoms with E-state index in [-0.39, 0.29) is 12.5 Å². The summed E-state index contributed by atoms with van der Waals surface area (Å²) in [6, 6.07) is 10.3. The van der Waals surface area contributed by atoms with Gasteiger partial charge in [-0.3, -0.25) is 19.4 Å². The van der Waals surface area contributed by atoms with E-state index in [1.54, 1.807) is 4.90 Å². The lowest BCUT2D eigenvalue weighted by molar-refractivity contribution is -0.139. The van der Waals surface area contributed by atoms with E-state index in [0.29, 0.717) is 19.1 Å². The first-order valence-electron chi connectivity index (χ1n) is 8.95. The molecule has 6 nitrogen and oxygen atoms in total. The Labute approximate surface area is 150 Å². The van der Waals surface area contributed by atoms with Crippen LogP contribution in [0.3, 0.4) is 0 Å². The van der Waals surface area contributed by atoms with Crippen molar-refractivity contribution >= 4 is 11.9 Å². The Balaban J connectivity index is 1.77. The van der Waals surface area contributed by atoms with Crippen LogP contribution in [0.1, 0.15) is 25.3 Å². The van der Waals surface area contributed by atoms with E-state index in [2.05, 4.69) is 4.90 Å². The van der Waals surface area contributed by atoms with Crippen LogP contribution in [0.2, 0.25) is 0 Å². The number of piperidine rings is 1. The lowest BCUT2D eigenvalue weighted by Gasteiger charge is -2.37. The summed E-state index contributed by atoms with van der Waals surface area (Å²) in [4.78, 5) is 29.3. The Morgan fingerprint density at radius 2 is 1.84 bits per heavy atom. The summed E-state index contributed by atoms with van der Waals surface area (Å²) in [5, 5.41) is 9.00. The number of carboxylic acids is 1. The van der Waals surface area contributed by atoms with Crippen molar-refractivity contribution < 1.29 is 14.7 Å². The molecule has 0 aliphatic carbocycles.